The fraction of sp³-hybridized carbons (Fsp3) is 0.231. The molecular weight excluding hydrogens is 440 g/mol. The van der Waals surface area contributed by atoms with E-state index in [0.29, 0.717) is 12.1 Å². The van der Waals surface area contributed by atoms with Gasteiger partial charge in [-0.25, -0.2) is 0 Å². The molecule has 0 atom stereocenters. The molecule has 0 saturated carbocycles. The molecule has 0 aliphatic carbocycles. The minimum absolute atomic E-state index is 0.0230. The molecule has 3 aromatic rings. The molecule has 4 nitrogen and oxygen atoms in total. The van der Waals surface area contributed by atoms with Gasteiger partial charge in [0.1, 0.15) is 6.54 Å². The number of nitrogens with one attached hydrogen (secondary N) is 1. The van der Waals surface area contributed by atoms with Gasteiger partial charge in [-0.15, -0.1) is 11.8 Å². The number of halogens is 1. The van der Waals surface area contributed by atoms with Gasteiger partial charge in [0.15, 0.2) is 0 Å². The maximum Gasteiger partial charge on any atom is 0.254 e. The van der Waals surface area contributed by atoms with Crippen molar-refractivity contribution >= 4 is 40.9 Å². The van der Waals surface area contributed by atoms with Crippen molar-refractivity contribution in [2.45, 2.75) is 30.9 Å². The van der Waals surface area contributed by atoms with Crippen molar-refractivity contribution in [2.24, 2.45) is 0 Å². The number of amides is 2. The summed E-state index contributed by atoms with van der Waals surface area (Å²) in [7, 11) is 0. The highest BCUT2D eigenvalue weighted by Gasteiger charge is 2.18. The van der Waals surface area contributed by atoms with Crippen LogP contribution in [0.4, 0.5) is 5.69 Å². The Bertz CT molecular complexity index is 1050. The van der Waals surface area contributed by atoms with E-state index in [1.54, 1.807) is 16.7 Å². The standard InChI is InChI=1S/C26H27ClN2O2S/c1-3-16-29(17-25(30)28-24-7-5-4-6-19(24)2)26(31)21-10-8-20(9-11-21)18-32-23-14-12-22(27)13-15-23/h4-15H,3,16-18H2,1-2H3,(H,28,30). The number of rotatable bonds is 9. The molecular formula is C26H27ClN2O2S. The van der Waals surface area contributed by atoms with E-state index < -0.39 is 0 Å². The van der Waals surface area contributed by atoms with Crippen molar-refractivity contribution < 1.29 is 9.59 Å². The second-order valence-corrected chi connectivity index (χ2v) is 9.01. The monoisotopic (exact) mass is 466 g/mol. The van der Waals surface area contributed by atoms with Crippen LogP contribution in [-0.2, 0) is 10.5 Å². The average molecular weight is 467 g/mol. The van der Waals surface area contributed by atoms with Crippen LogP contribution in [0.1, 0.15) is 34.8 Å². The molecule has 0 saturated heterocycles. The summed E-state index contributed by atoms with van der Waals surface area (Å²) < 4.78 is 0. The van der Waals surface area contributed by atoms with Gasteiger partial charge in [-0.2, -0.15) is 0 Å². The Morgan fingerprint density at radius 3 is 2.31 bits per heavy atom. The van der Waals surface area contributed by atoms with Crippen LogP contribution >= 0.6 is 23.4 Å². The number of anilines is 1. The highest BCUT2D eigenvalue weighted by molar-refractivity contribution is 7.98. The highest BCUT2D eigenvalue weighted by atomic mass is 35.5. The molecule has 0 aliphatic heterocycles. The first-order chi connectivity index (χ1) is 15.5. The number of carbonyl (C=O) groups excluding carboxylic acids is 2. The van der Waals surface area contributed by atoms with Gasteiger partial charge in [-0.3, -0.25) is 9.59 Å². The molecule has 0 aliphatic rings. The van der Waals surface area contributed by atoms with Crippen molar-refractivity contribution in [1.82, 2.24) is 4.90 Å². The van der Waals surface area contributed by atoms with Crippen LogP contribution in [0.15, 0.2) is 77.7 Å². The molecule has 1 N–H and O–H groups in total. The Labute approximate surface area is 199 Å². The smallest absolute Gasteiger partial charge is 0.254 e. The maximum absolute atomic E-state index is 13.0. The zero-order chi connectivity index (χ0) is 22.9. The minimum Gasteiger partial charge on any atom is -0.329 e. The number of para-hydroxylation sites is 1. The van der Waals surface area contributed by atoms with Crippen LogP contribution in [0.3, 0.4) is 0 Å². The lowest BCUT2D eigenvalue weighted by Gasteiger charge is -2.22. The molecule has 3 rings (SSSR count). The normalized spacial score (nSPS) is 10.6. The Balaban J connectivity index is 1.60. The van der Waals surface area contributed by atoms with Gasteiger partial charge in [-0.05, 0) is 66.9 Å². The van der Waals surface area contributed by atoms with Crippen molar-refractivity contribution in [3.63, 3.8) is 0 Å². The largest absolute Gasteiger partial charge is 0.329 e. The van der Waals surface area contributed by atoms with E-state index >= 15 is 0 Å². The summed E-state index contributed by atoms with van der Waals surface area (Å²) in [4.78, 5) is 28.3. The SMILES string of the molecule is CCCN(CC(=O)Nc1ccccc1C)C(=O)c1ccc(CSc2ccc(Cl)cc2)cc1. The molecule has 0 heterocycles. The molecule has 166 valence electrons. The molecule has 0 fully saturated rings. The summed E-state index contributed by atoms with van der Waals surface area (Å²) in [6.07, 6.45) is 0.777. The number of carbonyl (C=O) groups is 2. The van der Waals surface area contributed by atoms with Gasteiger partial charge in [0, 0.05) is 33.5 Å². The van der Waals surface area contributed by atoms with Crippen molar-refractivity contribution in [3.8, 4) is 0 Å². The van der Waals surface area contributed by atoms with Crippen LogP contribution in [0, 0.1) is 6.92 Å². The van der Waals surface area contributed by atoms with Crippen LogP contribution in [-0.4, -0.2) is 29.8 Å². The topological polar surface area (TPSA) is 49.4 Å². The maximum atomic E-state index is 13.0. The lowest BCUT2D eigenvalue weighted by molar-refractivity contribution is -0.116. The third-order valence-electron chi connectivity index (χ3n) is 4.95. The third kappa shape index (κ3) is 6.87. The van der Waals surface area contributed by atoms with Crippen molar-refractivity contribution in [1.29, 1.82) is 0 Å². The number of benzene rings is 3. The van der Waals surface area contributed by atoms with Crippen molar-refractivity contribution in [3.05, 3.63) is 94.5 Å². The summed E-state index contributed by atoms with van der Waals surface area (Å²) in [5, 5.41) is 3.63. The van der Waals surface area contributed by atoms with E-state index in [1.165, 1.54) is 0 Å². The summed E-state index contributed by atoms with van der Waals surface area (Å²) in [6.45, 7) is 4.48. The first-order valence-corrected chi connectivity index (χ1v) is 11.9. The molecule has 0 bridgehead atoms. The Kier molecular flexibility index (Phi) is 8.77. The zero-order valence-corrected chi connectivity index (χ0v) is 19.9. The van der Waals surface area contributed by atoms with E-state index in [9.17, 15) is 9.59 Å². The number of hydrogen-bond acceptors (Lipinski definition) is 3. The second-order valence-electron chi connectivity index (χ2n) is 7.53. The van der Waals surface area contributed by atoms with Gasteiger partial charge < -0.3 is 10.2 Å². The molecule has 3 aromatic carbocycles. The average Bonchev–Trinajstić information content (AvgIpc) is 2.80. The van der Waals surface area contributed by atoms with E-state index in [-0.39, 0.29) is 18.4 Å². The predicted molar refractivity (Wildman–Crippen MR) is 133 cm³/mol. The molecule has 2 amide bonds. The lowest BCUT2D eigenvalue weighted by Crippen LogP contribution is -2.38. The third-order valence-corrected chi connectivity index (χ3v) is 6.29. The summed E-state index contributed by atoms with van der Waals surface area (Å²) in [5.41, 5.74) is 3.47. The van der Waals surface area contributed by atoms with E-state index in [1.807, 2.05) is 86.6 Å². The number of hydrogen-bond donors (Lipinski definition) is 1. The minimum atomic E-state index is -0.197. The number of aryl methyl sites for hydroxylation is 1. The van der Waals surface area contributed by atoms with Gasteiger partial charge in [0.25, 0.3) is 5.91 Å². The van der Waals surface area contributed by atoms with E-state index in [4.69, 9.17) is 11.6 Å². The predicted octanol–water partition coefficient (Wildman–Crippen LogP) is 6.43. The Morgan fingerprint density at radius 2 is 1.66 bits per heavy atom. The molecule has 6 heteroatoms. The molecule has 0 aromatic heterocycles. The highest BCUT2D eigenvalue weighted by Crippen LogP contribution is 2.24. The molecule has 0 spiro atoms. The molecule has 0 unspecified atom stereocenters. The number of thioether (sulfide) groups is 1. The fourth-order valence-electron chi connectivity index (χ4n) is 3.22. The fourth-order valence-corrected chi connectivity index (χ4v) is 4.20. The first kappa shape index (κ1) is 23.9. The zero-order valence-electron chi connectivity index (χ0n) is 18.3. The molecule has 0 radical (unpaired) electrons. The second kappa shape index (κ2) is 11.7. The number of nitrogens with zero attached hydrogens (tertiary/aromatic N) is 1. The quantitative estimate of drug-likeness (QED) is 0.369. The van der Waals surface area contributed by atoms with E-state index in [2.05, 4.69) is 5.32 Å². The molecule has 32 heavy (non-hydrogen) atoms. The van der Waals surface area contributed by atoms with Gasteiger partial charge in [0.05, 0.1) is 0 Å². The Hall–Kier alpha value is -2.76. The van der Waals surface area contributed by atoms with Crippen LogP contribution in [0.25, 0.3) is 0 Å². The van der Waals surface area contributed by atoms with E-state index in [0.717, 1.165) is 38.9 Å². The lowest BCUT2D eigenvalue weighted by atomic mass is 10.1. The van der Waals surface area contributed by atoms with Gasteiger partial charge in [0.2, 0.25) is 5.91 Å². The van der Waals surface area contributed by atoms with Crippen LogP contribution < -0.4 is 5.32 Å². The summed E-state index contributed by atoms with van der Waals surface area (Å²) in [5.74, 6) is 0.467. The summed E-state index contributed by atoms with van der Waals surface area (Å²) >= 11 is 7.65. The van der Waals surface area contributed by atoms with Crippen LogP contribution in [0.5, 0.6) is 0 Å². The van der Waals surface area contributed by atoms with Crippen LogP contribution in [0.2, 0.25) is 5.02 Å². The Morgan fingerprint density at radius 1 is 0.969 bits per heavy atom. The van der Waals surface area contributed by atoms with Crippen molar-refractivity contribution in [2.75, 3.05) is 18.4 Å². The first-order valence-electron chi connectivity index (χ1n) is 10.6. The van der Waals surface area contributed by atoms with Gasteiger partial charge >= 0.3 is 0 Å². The summed E-state index contributed by atoms with van der Waals surface area (Å²) in [6, 6.07) is 23.0. The van der Waals surface area contributed by atoms with Gasteiger partial charge in [-0.1, -0.05) is 48.9 Å².